The second-order valence-electron chi connectivity index (χ2n) is 10.0. The number of carbonyl (C=O) groups is 2. The maximum Gasteiger partial charge on any atom is 0.155 e. The first kappa shape index (κ1) is 18.3. The van der Waals surface area contributed by atoms with Crippen molar-refractivity contribution in [3.05, 3.63) is 11.6 Å². The zero-order chi connectivity index (χ0) is 19.1. The highest BCUT2D eigenvalue weighted by atomic mass is 19.1. The van der Waals surface area contributed by atoms with Gasteiger partial charge in [-0.15, -0.1) is 0 Å². The number of aliphatic hydroxyl groups excluding tert-OH is 1. The van der Waals surface area contributed by atoms with Gasteiger partial charge in [0.2, 0.25) is 0 Å². The maximum absolute atomic E-state index is 16.8. The van der Waals surface area contributed by atoms with Crippen molar-refractivity contribution in [2.45, 2.75) is 78.0 Å². The maximum atomic E-state index is 16.8. The van der Waals surface area contributed by atoms with E-state index in [0.717, 1.165) is 18.4 Å². The standard InChI is InChI=1S/C22H31FO3/c1-12-9-17-16-6-5-14-10-15(25)7-8-21(14,4)22(16,23)18(26)11-20(17,3)19(12)13(2)24/h10,12,16-19,26H,5-9,11H2,1-4H3. The first-order valence-electron chi connectivity index (χ1n) is 10.2. The molecule has 8 atom stereocenters. The molecule has 0 spiro atoms. The Morgan fingerprint density at radius 3 is 2.62 bits per heavy atom. The largest absolute Gasteiger partial charge is 0.390 e. The van der Waals surface area contributed by atoms with Crippen LogP contribution in [0.3, 0.4) is 0 Å². The first-order chi connectivity index (χ1) is 12.1. The molecule has 0 bridgehead atoms. The number of hydrogen-bond donors (Lipinski definition) is 1. The van der Waals surface area contributed by atoms with Crippen LogP contribution < -0.4 is 0 Å². The van der Waals surface area contributed by atoms with Gasteiger partial charge < -0.3 is 5.11 Å². The van der Waals surface area contributed by atoms with Crippen LogP contribution in [-0.2, 0) is 9.59 Å². The Labute approximate surface area is 155 Å². The molecular formula is C22H31FO3. The third-order valence-electron chi connectivity index (χ3n) is 8.82. The molecule has 0 aliphatic heterocycles. The fourth-order valence-corrected chi connectivity index (χ4v) is 7.80. The molecule has 0 saturated heterocycles. The van der Waals surface area contributed by atoms with Gasteiger partial charge in [-0.2, -0.15) is 0 Å². The zero-order valence-corrected chi connectivity index (χ0v) is 16.3. The molecule has 8 unspecified atom stereocenters. The Kier molecular flexibility index (Phi) is 3.88. The van der Waals surface area contributed by atoms with Gasteiger partial charge in [0.05, 0.1) is 6.10 Å². The van der Waals surface area contributed by atoms with Gasteiger partial charge in [-0.25, -0.2) is 4.39 Å². The lowest BCUT2D eigenvalue weighted by Crippen LogP contribution is -2.67. The van der Waals surface area contributed by atoms with E-state index in [1.54, 1.807) is 13.0 Å². The number of aliphatic hydroxyl groups is 1. The Hall–Kier alpha value is -1.03. The van der Waals surface area contributed by atoms with E-state index in [-0.39, 0.29) is 40.7 Å². The molecule has 3 fully saturated rings. The third-order valence-corrected chi connectivity index (χ3v) is 8.82. The second-order valence-corrected chi connectivity index (χ2v) is 10.0. The summed E-state index contributed by atoms with van der Waals surface area (Å²) < 4.78 is 16.8. The van der Waals surface area contributed by atoms with Crippen LogP contribution in [0.2, 0.25) is 0 Å². The molecule has 0 heterocycles. The van der Waals surface area contributed by atoms with Crippen LogP contribution in [0.4, 0.5) is 4.39 Å². The molecule has 0 aromatic carbocycles. The van der Waals surface area contributed by atoms with E-state index in [4.69, 9.17) is 0 Å². The van der Waals surface area contributed by atoms with E-state index in [2.05, 4.69) is 13.8 Å². The average Bonchev–Trinajstić information content (AvgIpc) is 2.80. The lowest BCUT2D eigenvalue weighted by molar-refractivity contribution is -0.208. The quantitative estimate of drug-likeness (QED) is 0.766. The van der Waals surface area contributed by atoms with E-state index >= 15 is 4.39 Å². The summed E-state index contributed by atoms with van der Waals surface area (Å²) >= 11 is 0. The molecule has 144 valence electrons. The number of rotatable bonds is 1. The van der Waals surface area contributed by atoms with Crippen molar-refractivity contribution < 1.29 is 19.1 Å². The van der Waals surface area contributed by atoms with Crippen LogP contribution in [0.5, 0.6) is 0 Å². The molecule has 4 aliphatic rings. The minimum atomic E-state index is -1.70. The summed E-state index contributed by atoms with van der Waals surface area (Å²) in [4.78, 5) is 24.3. The highest BCUT2D eigenvalue weighted by molar-refractivity contribution is 5.91. The molecule has 3 saturated carbocycles. The predicted molar refractivity (Wildman–Crippen MR) is 97.2 cm³/mol. The summed E-state index contributed by atoms with van der Waals surface area (Å²) in [7, 11) is 0. The van der Waals surface area contributed by atoms with Crippen molar-refractivity contribution in [1.82, 2.24) is 0 Å². The number of Topliss-reactive ketones (excluding diaryl/α,β-unsaturated/α-hetero) is 1. The molecular weight excluding hydrogens is 331 g/mol. The van der Waals surface area contributed by atoms with Crippen molar-refractivity contribution in [2.24, 2.45) is 34.5 Å². The van der Waals surface area contributed by atoms with E-state index in [0.29, 0.717) is 25.7 Å². The van der Waals surface area contributed by atoms with Gasteiger partial charge in [-0.1, -0.05) is 26.3 Å². The normalized spacial score (nSPS) is 53.4. The number of hydrogen-bond acceptors (Lipinski definition) is 3. The lowest BCUT2D eigenvalue weighted by Gasteiger charge is -2.62. The fourth-order valence-electron chi connectivity index (χ4n) is 7.80. The Balaban J connectivity index is 1.81. The van der Waals surface area contributed by atoms with E-state index in [1.165, 1.54) is 0 Å². The number of ketones is 2. The summed E-state index contributed by atoms with van der Waals surface area (Å²) in [5.74, 6) is 0.279. The smallest absolute Gasteiger partial charge is 0.155 e. The summed E-state index contributed by atoms with van der Waals surface area (Å²) in [6.07, 6.45) is 4.01. The van der Waals surface area contributed by atoms with Crippen molar-refractivity contribution in [2.75, 3.05) is 0 Å². The number of carbonyl (C=O) groups excluding carboxylic acids is 2. The zero-order valence-electron chi connectivity index (χ0n) is 16.3. The van der Waals surface area contributed by atoms with E-state index < -0.39 is 17.2 Å². The highest BCUT2D eigenvalue weighted by Crippen LogP contribution is 2.70. The van der Waals surface area contributed by atoms with Crippen LogP contribution in [-0.4, -0.2) is 28.4 Å². The first-order valence-corrected chi connectivity index (χ1v) is 10.2. The Morgan fingerprint density at radius 1 is 1.27 bits per heavy atom. The molecule has 0 radical (unpaired) electrons. The van der Waals surface area contributed by atoms with Gasteiger partial charge in [0, 0.05) is 23.7 Å². The third kappa shape index (κ3) is 2.03. The topological polar surface area (TPSA) is 54.4 Å². The Morgan fingerprint density at radius 2 is 1.96 bits per heavy atom. The van der Waals surface area contributed by atoms with Gasteiger partial charge >= 0.3 is 0 Å². The average molecular weight is 362 g/mol. The number of alkyl halides is 1. The number of allylic oxidation sites excluding steroid dienone is 1. The molecule has 0 aromatic heterocycles. The second kappa shape index (κ2) is 5.50. The highest BCUT2D eigenvalue weighted by Gasteiger charge is 2.71. The van der Waals surface area contributed by atoms with Gasteiger partial charge in [0.15, 0.2) is 5.78 Å². The van der Waals surface area contributed by atoms with Crippen molar-refractivity contribution in [3.63, 3.8) is 0 Å². The van der Waals surface area contributed by atoms with Crippen molar-refractivity contribution in [3.8, 4) is 0 Å². The van der Waals surface area contributed by atoms with Crippen LogP contribution >= 0.6 is 0 Å². The van der Waals surface area contributed by atoms with Crippen LogP contribution in [0.1, 0.15) is 66.2 Å². The van der Waals surface area contributed by atoms with Gasteiger partial charge in [0.1, 0.15) is 11.5 Å². The molecule has 4 rings (SSSR count). The van der Waals surface area contributed by atoms with Gasteiger partial charge in [-0.3, -0.25) is 9.59 Å². The molecule has 0 amide bonds. The lowest BCUT2D eigenvalue weighted by atomic mass is 9.44. The molecule has 4 heteroatoms. The summed E-state index contributed by atoms with van der Waals surface area (Å²) in [6, 6.07) is 0. The number of halogens is 1. The molecule has 26 heavy (non-hydrogen) atoms. The minimum Gasteiger partial charge on any atom is -0.390 e. The molecule has 3 nitrogen and oxygen atoms in total. The SMILES string of the molecule is CC(=O)C1C(C)CC2C3CCC4=CC(=O)CCC4(C)C3(F)C(O)CC21C. The summed E-state index contributed by atoms with van der Waals surface area (Å²) in [5, 5.41) is 11.1. The minimum absolute atomic E-state index is 0.0841. The van der Waals surface area contributed by atoms with Crippen molar-refractivity contribution in [1.29, 1.82) is 0 Å². The van der Waals surface area contributed by atoms with Crippen LogP contribution in [0.15, 0.2) is 11.6 Å². The summed E-state index contributed by atoms with van der Waals surface area (Å²) in [5.41, 5.74) is -1.90. The molecule has 0 aromatic rings. The summed E-state index contributed by atoms with van der Waals surface area (Å²) in [6.45, 7) is 7.78. The van der Waals surface area contributed by atoms with Crippen LogP contribution in [0, 0.1) is 34.5 Å². The Bertz CT molecular complexity index is 700. The number of fused-ring (bicyclic) bond motifs is 5. The van der Waals surface area contributed by atoms with Gasteiger partial charge in [0.25, 0.3) is 0 Å². The van der Waals surface area contributed by atoms with Crippen molar-refractivity contribution >= 4 is 11.6 Å². The molecule has 4 aliphatic carbocycles. The van der Waals surface area contributed by atoms with Gasteiger partial charge in [-0.05, 0) is 62.4 Å². The monoisotopic (exact) mass is 362 g/mol. The van der Waals surface area contributed by atoms with E-state index in [1.807, 2.05) is 6.92 Å². The predicted octanol–water partition coefficient (Wildman–Crippen LogP) is 4.03. The van der Waals surface area contributed by atoms with Crippen LogP contribution in [0.25, 0.3) is 0 Å². The fraction of sp³-hybridized carbons (Fsp3) is 0.818. The van der Waals surface area contributed by atoms with E-state index in [9.17, 15) is 14.7 Å². The molecule has 1 N–H and O–H groups in total.